The SMILES string of the molecule is CCOC(=O)c1c(-c2cc(C(F)(F)F)ccc2Br)noc1C. The van der Waals surface area contributed by atoms with Crippen molar-refractivity contribution in [1.82, 2.24) is 5.16 Å². The van der Waals surface area contributed by atoms with E-state index in [1.54, 1.807) is 6.92 Å². The average molecular weight is 378 g/mol. The fourth-order valence-electron chi connectivity index (χ4n) is 1.88. The highest BCUT2D eigenvalue weighted by atomic mass is 79.9. The first-order valence-electron chi connectivity index (χ1n) is 6.26. The smallest absolute Gasteiger partial charge is 0.416 e. The van der Waals surface area contributed by atoms with Crippen LogP contribution in [0.2, 0.25) is 0 Å². The van der Waals surface area contributed by atoms with Crippen molar-refractivity contribution in [2.45, 2.75) is 20.0 Å². The van der Waals surface area contributed by atoms with E-state index in [1.807, 2.05) is 0 Å². The van der Waals surface area contributed by atoms with E-state index in [4.69, 9.17) is 9.26 Å². The zero-order chi connectivity index (χ0) is 16.5. The highest BCUT2D eigenvalue weighted by Gasteiger charge is 2.32. The van der Waals surface area contributed by atoms with Gasteiger partial charge < -0.3 is 9.26 Å². The molecule has 0 unspecified atom stereocenters. The van der Waals surface area contributed by atoms with Crippen molar-refractivity contribution in [3.63, 3.8) is 0 Å². The zero-order valence-electron chi connectivity index (χ0n) is 11.6. The largest absolute Gasteiger partial charge is 0.462 e. The third-order valence-electron chi connectivity index (χ3n) is 2.89. The summed E-state index contributed by atoms with van der Waals surface area (Å²) >= 11 is 3.16. The predicted octanol–water partition coefficient (Wildman–Crippen LogP) is 4.61. The first-order chi connectivity index (χ1) is 10.3. The van der Waals surface area contributed by atoms with E-state index in [2.05, 4.69) is 21.1 Å². The van der Waals surface area contributed by atoms with Crippen molar-refractivity contribution >= 4 is 21.9 Å². The van der Waals surface area contributed by atoms with E-state index in [0.717, 1.165) is 12.1 Å². The molecule has 0 aliphatic heterocycles. The van der Waals surface area contributed by atoms with Gasteiger partial charge >= 0.3 is 12.1 Å². The summed E-state index contributed by atoms with van der Waals surface area (Å²) < 4.78 is 48.7. The molecule has 4 nitrogen and oxygen atoms in total. The molecule has 0 radical (unpaired) electrons. The summed E-state index contributed by atoms with van der Waals surface area (Å²) in [6.07, 6.45) is -4.50. The van der Waals surface area contributed by atoms with Crippen LogP contribution in [0.25, 0.3) is 11.3 Å². The van der Waals surface area contributed by atoms with Gasteiger partial charge in [0, 0.05) is 10.0 Å². The molecule has 0 aliphatic carbocycles. The summed E-state index contributed by atoms with van der Waals surface area (Å²) in [7, 11) is 0. The Morgan fingerprint density at radius 1 is 1.41 bits per heavy atom. The van der Waals surface area contributed by atoms with Crippen molar-refractivity contribution in [3.05, 3.63) is 39.6 Å². The molecule has 2 aromatic rings. The molecule has 0 amide bonds. The lowest BCUT2D eigenvalue weighted by atomic mass is 10.0. The maximum Gasteiger partial charge on any atom is 0.416 e. The van der Waals surface area contributed by atoms with Gasteiger partial charge in [-0.1, -0.05) is 21.1 Å². The van der Waals surface area contributed by atoms with Gasteiger partial charge in [-0.3, -0.25) is 0 Å². The van der Waals surface area contributed by atoms with Gasteiger partial charge in [0.2, 0.25) is 0 Å². The molecule has 118 valence electrons. The number of aryl methyl sites for hydroxylation is 1. The summed E-state index contributed by atoms with van der Waals surface area (Å²) in [6, 6.07) is 3.09. The van der Waals surface area contributed by atoms with Crippen LogP contribution in [0.1, 0.15) is 28.6 Å². The van der Waals surface area contributed by atoms with Crippen LogP contribution in [0, 0.1) is 6.92 Å². The normalized spacial score (nSPS) is 11.5. The Morgan fingerprint density at radius 2 is 2.09 bits per heavy atom. The van der Waals surface area contributed by atoms with Gasteiger partial charge in [0.05, 0.1) is 12.2 Å². The first kappa shape index (κ1) is 16.5. The summed E-state index contributed by atoms with van der Waals surface area (Å²) in [5, 5.41) is 3.70. The number of carbonyl (C=O) groups is 1. The van der Waals surface area contributed by atoms with E-state index in [9.17, 15) is 18.0 Å². The van der Waals surface area contributed by atoms with E-state index in [-0.39, 0.29) is 29.2 Å². The Hall–Kier alpha value is -1.83. The number of hydrogen-bond donors (Lipinski definition) is 0. The molecule has 2 rings (SSSR count). The van der Waals surface area contributed by atoms with Crippen molar-refractivity contribution < 1.29 is 27.2 Å². The van der Waals surface area contributed by atoms with Crippen molar-refractivity contribution in [2.75, 3.05) is 6.61 Å². The first-order valence-corrected chi connectivity index (χ1v) is 7.05. The number of alkyl halides is 3. The minimum Gasteiger partial charge on any atom is -0.462 e. The van der Waals surface area contributed by atoms with Crippen molar-refractivity contribution in [2.24, 2.45) is 0 Å². The van der Waals surface area contributed by atoms with Crippen molar-refractivity contribution in [1.29, 1.82) is 0 Å². The second kappa shape index (κ2) is 6.12. The monoisotopic (exact) mass is 377 g/mol. The van der Waals surface area contributed by atoms with Gasteiger partial charge in [-0.2, -0.15) is 13.2 Å². The third kappa shape index (κ3) is 3.16. The van der Waals surface area contributed by atoms with Crippen molar-refractivity contribution in [3.8, 4) is 11.3 Å². The highest BCUT2D eigenvalue weighted by Crippen LogP contribution is 2.37. The molecule has 0 aliphatic rings. The lowest BCUT2D eigenvalue weighted by Crippen LogP contribution is -2.08. The number of nitrogens with zero attached hydrogens (tertiary/aromatic N) is 1. The van der Waals surface area contributed by atoms with E-state index >= 15 is 0 Å². The van der Waals surface area contributed by atoms with E-state index in [0.29, 0.717) is 4.47 Å². The average Bonchev–Trinajstić information content (AvgIpc) is 2.80. The number of benzene rings is 1. The Balaban J connectivity index is 2.60. The van der Waals surface area contributed by atoms with Gasteiger partial charge in [0.15, 0.2) is 0 Å². The lowest BCUT2D eigenvalue weighted by molar-refractivity contribution is -0.137. The second-order valence-corrected chi connectivity index (χ2v) is 5.23. The van der Waals surface area contributed by atoms with Crippen LogP contribution in [-0.4, -0.2) is 17.7 Å². The number of ether oxygens (including phenoxy) is 1. The summed E-state index contributed by atoms with van der Waals surface area (Å²) in [5.74, 6) is -0.515. The number of carbonyl (C=O) groups excluding carboxylic acids is 1. The number of esters is 1. The molecule has 0 N–H and O–H groups in total. The molecule has 8 heteroatoms. The number of rotatable bonds is 3. The molecule has 0 atom stereocenters. The fourth-order valence-corrected chi connectivity index (χ4v) is 2.32. The van der Waals surface area contributed by atoms with Crippen LogP contribution < -0.4 is 0 Å². The minimum atomic E-state index is -4.50. The topological polar surface area (TPSA) is 52.3 Å². The van der Waals surface area contributed by atoms with Crippen LogP contribution >= 0.6 is 15.9 Å². The Labute approximate surface area is 132 Å². The molecule has 22 heavy (non-hydrogen) atoms. The molecular formula is C14H11BrF3NO3. The molecule has 0 fully saturated rings. The highest BCUT2D eigenvalue weighted by molar-refractivity contribution is 9.10. The summed E-state index contributed by atoms with van der Waals surface area (Å²) in [5.41, 5.74) is -0.716. The summed E-state index contributed by atoms with van der Waals surface area (Å²) in [6.45, 7) is 3.25. The number of aromatic nitrogens is 1. The fraction of sp³-hybridized carbons (Fsp3) is 0.286. The quantitative estimate of drug-likeness (QED) is 0.733. The van der Waals surface area contributed by atoms with Gasteiger partial charge in [-0.25, -0.2) is 4.79 Å². The minimum absolute atomic E-state index is 0.00826. The van der Waals surface area contributed by atoms with Crippen LogP contribution in [0.15, 0.2) is 27.2 Å². The van der Waals surface area contributed by atoms with Gasteiger partial charge in [0.1, 0.15) is 17.0 Å². The maximum absolute atomic E-state index is 12.8. The van der Waals surface area contributed by atoms with Crippen LogP contribution in [0.4, 0.5) is 13.2 Å². The Bertz CT molecular complexity index is 710. The maximum atomic E-state index is 12.8. The molecule has 1 heterocycles. The Morgan fingerprint density at radius 3 is 2.68 bits per heavy atom. The van der Waals surface area contributed by atoms with Crippen LogP contribution in [-0.2, 0) is 10.9 Å². The number of hydrogen-bond acceptors (Lipinski definition) is 4. The summed E-state index contributed by atoms with van der Waals surface area (Å²) in [4.78, 5) is 12.0. The zero-order valence-corrected chi connectivity index (χ0v) is 13.2. The second-order valence-electron chi connectivity index (χ2n) is 4.38. The molecule has 0 saturated heterocycles. The van der Waals surface area contributed by atoms with Crippen LogP contribution in [0.3, 0.4) is 0 Å². The standard InChI is InChI=1S/C14H11BrF3NO3/c1-3-21-13(20)11-7(2)22-19-12(11)9-6-8(14(16,17)18)4-5-10(9)15/h4-6H,3H2,1-2H3. The van der Waals surface area contributed by atoms with Gasteiger partial charge in [-0.05, 0) is 32.0 Å². The number of halogens is 4. The van der Waals surface area contributed by atoms with E-state index in [1.165, 1.54) is 13.0 Å². The molecule has 0 spiro atoms. The molecule has 0 bridgehead atoms. The molecule has 1 aromatic carbocycles. The van der Waals surface area contributed by atoms with Gasteiger partial charge in [0.25, 0.3) is 0 Å². The molecule has 0 saturated carbocycles. The lowest BCUT2D eigenvalue weighted by Gasteiger charge is -2.10. The molecule has 1 aromatic heterocycles. The predicted molar refractivity (Wildman–Crippen MR) is 75.3 cm³/mol. The third-order valence-corrected chi connectivity index (χ3v) is 3.58. The molecular weight excluding hydrogens is 367 g/mol. The van der Waals surface area contributed by atoms with Gasteiger partial charge in [-0.15, -0.1) is 0 Å². The van der Waals surface area contributed by atoms with Crippen LogP contribution in [0.5, 0.6) is 0 Å². The van der Waals surface area contributed by atoms with E-state index < -0.39 is 17.7 Å². The Kier molecular flexibility index (Phi) is 4.60.